The summed E-state index contributed by atoms with van der Waals surface area (Å²) in [7, 11) is 2.93. The summed E-state index contributed by atoms with van der Waals surface area (Å²) in [6, 6.07) is 16.9. The molecule has 192 valence electrons. The average molecular weight is 524 g/mol. The van der Waals surface area contributed by atoms with Gasteiger partial charge in [0, 0.05) is 11.3 Å². The summed E-state index contributed by atoms with van der Waals surface area (Å²) in [6.45, 7) is 3.64. The predicted octanol–water partition coefficient (Wildman–Crippen LogP) is 4.70. The van der Waals surface area contributed by atoms with Crippen molar-refractivity contribution in [1.29, 1.82) is 0 Å². The molecule has 0 unspecified atom stereocenters. The largest absolute Gasteiger partial charge is 0.493 e. The fraction of sp³-hybridized carbons (Fsp3) is 0.148. The average Bonchev–Trinajstić information content (AvgIpc) is 2.91. The first-order valence-corrected chi connectivity index (χ1v) is 11.4. The van der Waals surface area contributed by atoms with Crippen LogP contribution >= 0.6 is 11.6 Å². The van der Waals surface area contributed by atoms with Crippen molar-refractivity contribution in [3.05, 3.63) is 89.5 Å². The quantitative estimate of drug-likeness (QED) is 0.202. The molecule has 3 rings (SSSR count). The van der Waals surface area contributed by atoms with Crippen LogP contribution in [0.5, 0.6) is 23.0 Å². The molecule has 0 atom stereocenters. The third-order valence-corrected chi connectivity index (χ3v) is 5.10. The summed E-state index contributed by atoms with van der Waals surface area (Å²) in [4.78, 5) is 24.7. The van der Waals surface area contributed by atoms with E-state index in [1.54, 1.807) is 48.5 Å². The molecule has 10 heteroatoms. The normalized spacial score (nSPS) is 10.5. The van der Waals surface area contributed by atoms with E-state index < -0.39 is 5.91 Å². The Morgan fingerprint density at radius 1 is 0.973 bits per heavy atom. The molecule has 0 aliphatic heterocycles. The summed E-state index contributed by atoms with van der Waals surface area (Å²) in [6.07, 6.45) is 3.01. The van der Waals surface area contributed by atoms with Gasteiger partial charge in [-0.05, 0) is 48.0 Å². The number of ether oxygens (including phenoxy) is 4. The van der Waals surface area contributed by atoms with Crippen molar-refractivity contribution in [3.63, 3.8) is 0 Å². The van der Waals surface area contributed by atoms with Gasteiger partial charge in [-0.25, -0.2) is 5.43 Å². The van der Waals surface area contributed by atoms with Crippen molar-refractivity contribution >= 4 is 35.3 Å². The maximum Gasteiger partial charge on any atom is 0.271 e. The van der Waals surface area contributed by atoms with Crippen LogP contribution < -0.4 is 29.7 Å². The predicted molar refractivity (Wildman–Crippen MR) is 142 cm³/mol. The van der Waals surface area contributed by atoms with Crippen molar-refractivity contribution in [1.82, 2.24) is 5.43 Å². The number of nitrogens with zero attached hydrogens (tertiary/aromatic N) is 1. The minimum atomic E-state index is -0.452. The van der Waals surface area contributed by atoms with Crippen LogP contribution in [-0.2, 0) is 4.79 Å². The van der Waals surface area contributed by atoms with Crippen LogP contribution in [0.2, 0.25) is 5.02 Å². The van der Waals surface area contributed by atoms with E-state index in [0.29, 0.717) is 40.7 Å². The second-order valence-corrected chi connectivity index (χ2v) is 7.81. The standard InChI is InChI=1S/C27H26ClN3O6/c1-4-12-36-22-11-10-19(15-23(22)34-2)27(33)31-29-16-18-13-21(28)26(24(14-18)35-3)37-17-25(32)30-20-8-6-5-7-9-20/h4-11,13-16H,1,12,17H2,2-3H3,(H,30,32)(H,31,33)/b29-16+. The lowest BCUT2D eigenvalue weighted by Gasteiger charge is -2.13. The fourth-order valence-electron chi connectivity index (χ4n) is 3.12. The van der Waals surface area contributed by atoms with E-state index in [1.807, 2.05) is 18.2 Å². The van der Waals surface area contributed by atoms with Crippen LogP contribution in [0.1, 0.15) is 15.9 Å². The van der Waals surface area contributed by atoms with Crippen molar-refractivity contribution in [3.8, 4) is 23.0 Å². The minimum absolute atomic E-state index is 0.208. The van der Waals surface area contributed by atoms with Crippen LogP contribution in [0.3, 0.4) is 0 Å². The molecule has 0 fully saturated rings. The Kier molecular flexibility index (Phi) is 9.92. The number of para-hydroxylation sites is 1. The number of carbonyl (C=O) groups is 2. The van der Waals surface area contributed by atoms with Crippen LogP contribution in [0.4, 0.5) is 5.69 Å². The first-order chi connectivity index (χ1) is 17.9. The number of carbonyl (C=O) groups excluding carboxylic acids is 2. The van der Waals surface area contributed by atoms with Crippen LogP contribution in [0, 0.1) is 0 Å². The Labute approximate surface area is 219 Å². The van der Waals surface area contributed by atoms with Gasteiger partial charge in [-0.3, -0.25) is 9.59 Å². The van der Waals surface area contributed by atoms with Crippen molar-refractivity contribution in [2.45, 2.75) is 0 Å². The molecule has 2 amide bonds. The molecule has 37 heavy (non-hydrogen) atoms. The van der Waals surface area contributed by atoms with Gasteiger partial charge in [-0.1, -0.05) is 42.5 Å². The summed E-state index contributed by atoms with van der Waals surface area (Å²) >= 11 is 6.36. The highest BCUT2D eigenvalue weighted by molar-refractivity contribution is 6.32. The first-order valence-electron chi connectivity index (χ1n) is 11.1. The Morgan fingerprint density at radius 2 is 1.73 bits per heavy atom. The smallest absolute Gasteiger partial charge is 0.271 e. The van der Waals surface area contributed by atoms with Gasteiger partial charge >= 0.3 is 0 Å². The van der Waals surface area contributed by atoms with Gasteiger partial charge in [0.1, 0.15) is 6.61 Å². The molecule has 2 N–H and O–H groups in total. The molecule has 0 spiro atoms. The minimum Gasteiger partial charge on any atom is -0.493 e. The maximum absolute atomic E-state index is 12.5. The Balaban J connectivity index is 1.63. The summed E-state index contributed by atoms with van der Waals surface area (Å²) in [5.41, 5.74) is 3.96. The van der Waals surface area contributed by atoms with Crippen LogP contribution in [0.25, 0.3) is 0 Å². The maximum atomic E-state index is 12.5. The van der Waals surface area contributed by atoms with Crippen molar-refractivity contribution < 1.29 is 28.5 Å². The lowest BCUT2D eigenvalue weighted by Crippen LogP contribution is -2.20. The van der Waals surface area contributed by atoms with Gasteiger partial charge in [0.2, 0.25) is 0 Å². The van der Waals surface area contributed by atoms with Gasteiger partial charge in [-0.15, -0.1) is 0 Å². The molecular weight excluding hydrogens is 498 g/mol. The molecule has 0 aromatic heterocycles. The monoisotopic (exact) mass is 523 g/mol. The number of hydrogen-bond donors (Lipinski definition) is 2. The SMILES string of the molecule is C=CCOc1ccc(C(=O)N/N=C/c2cc(Cl)c(OCC(=O)Nc3ccccc3)c(OC)c2)cc1OC. The van der Waals surface area contributed by atoms with E-state index in [4.69, 9.17) is 30.5 Å². The highest BCUT2D eigenvalue weighted by Gasteiger charge is 2.14. The molecule has 0 saturated carbocycles. The molecule has 3 aromatic carbocycles. The van der Waals surface area contributed by atoms with E-state index in [-0.39, 0.29) is 23.3 Å². The lowest BCUT2D eigenvalue weighted by atomic mass is 10.2. The van der Waals surface area contributed by atoms with E-state index >= 15 is 0 Å². The topological polar surface area (TPSA) is 107 Å². The van der Waals surface area contributed by atoms with Crippen molar-refractivity contribution in [2.75, 3.05) is 32.8 Å². The molecule has 0 aliphatic carbocycles. The number of benzene rings is 3. The zero-order valence-electron chi connectivity index (χ0n) is 20.3. The number of hydrazone groups is 1. The lowest BCUT2D eigenvalue weighted by molar-refractivity contribution is -0.118. The fourth-order valence-corrected chi connectivity index (χ4v) is 3.39. The van der Waals surface area contributed by atoms with Gasteiger partial charge in [0.25, 0.3) is 11.8 Å². The molecular formula is C27H26ClN3O6. The number of nitrogens with one attached hydrogen (secondary N) is 2. The van der Waals surface area contributed by atoms with E-state index in [1.165, 1.54) is 20.4 Å². The highest BCUT2D eigenvalue weighted by atomic mass is 35.5. The number of halogens is 1. The summed E-state index contributed by atoms with van der Waals surface area (Å²) < 4.78 is 21.7. The molecule has 0 aliphatic rings. The van der Waals surface area contributed by atoms with Gasteiger partial charge in [0.15, 0.2) is 29.6 Å². The number of methoxy groups -OCH3 is 2. The molecule has 9 nitrogen and oxygen atoms in total. The summed E-state index contributed by atoms with van der Waals surface area (Å²) in [5.74, 6) is 0.598. The number of hydrogen-bond acceptors (Lipinski definition) is 7. The molecule has 0 saturated heterocycles. The van der Waals surface area contributed by atoms with Gasteiger partial charge in [0.05, 0.1) is 25.5 Å². The zero-order chi connectivity index (χ0) is 26.6. The number of anilines is 1. The van der Waals surface area contributed by atoms with E-state index in [2.05, 4.69) is 22.4 Å². The summed E-state index contributed by atoms with van der Waals surface area (Å²) in [5, 5.41) is 6.92. The van der Waals surface area contributed by atoms with E-state index in [0.717, 1.165) is 0 Å². The zero-order valence-corrected chi connectivity index (χ0v) is 21.1. The molecule has 0 radical (unpaired) electrons. The number of amides is 2. The molecule has 3 aromatic rings. The van der Waals surface area contributed by atoms with Crippen molar-refractivity contribution in [2.24, 2.45) is 5.10 Å². The number of rotatable bonds is 12. The molecule has 0 bridgehead atoms. The third kappa shape index (κ3) is 7.74. The first kappa shape index (κ1) is 27.1. The Hall–Kier alpha value is -4.50. The molecule has 0 heterocycles. The Morgan fingerprint density at radius 3 is 2.43 bits per heavy atom. The highest BCUT2D eigenvalue weighted by Crippen LogP contribution is 2.36. The third-order valence-electron chi connectivity index (χ3n) is 4.82. The van der Waals surface area contributed by atoms with Gasteiger partial charge < -0.3 is 24.3 Å². The van der Waals surface area contributed by atoms with Crippen LogP contribution in [-0.4, -0.2) is 45.5 Å². The Bertz CT molecular complexity index is 1280. The van der Waals surface area contributed by atoms with Gasteiger partial charge in [-0.2, -0.15) is 5.10 Å². The van der Waals surface area contributed by atoms with E-state index in [9.17, 15) is 9.59 Å². The second-order valence-electron chi connectivity index (χ2n) is 7.40. The second kappa shape index (κ2) is 13.6. The van der Waals surface area contributed by atoms with Crippen LogP contribution in [0.15, 0.2) is 78.4 Å².